The van der Waals surface area contributed by atoms with Crippen molar-refractivity contribution in [3.63, 3.8) is 0 Å². The minimum atomic E-state index is -4.43. The first-order valence-corrected chi connectivity index (χ1v) is 7.39. The largest absolute Gasteiger partial charge is 0.416 e. The van der Waals surface area contributed by atoms with Gasteiger partial charge in [-0.3, -0.25) is 0 Å². The molecule has 1 N–H and O–H groups in total. The van der Waals surface area contributed by atoms with Gasteiger partial charge in [0.2, 0.25) is 0 Å². The Labute approximate surface area is 110 Å². The molecule has 7 heteroatoms. The Balaban J connectivity index is 2.92. The second-order valence-electron chi connectivity index (χ2n) is 4.21. The van der Waals surface area contributed by atoms with E-state index in [0.717, 1.165) is 12.1 Å². The van der Waals surface area contributed by atoms with E-state index in [9.17, 15) is 21.6 Å². The van der Waals surface area contributed by atoms with Gasteiger partial charge in [-0.15, -0.1) is 0 Å². The lowest BCUT2D eigenvalue weighted by Crippen LogP contribution is -2.15. The number of hydrogen-bond acceptors (Lipinski definition) is 3. The van der Waals surface area contributed by atoms with Crippen LogP contribution in [-0.4, -0.2) is 25.9 Å². The Morgan fingerprint density at radius 3 is 2.16 bits per heavy atom. The molecule has 0 fully saturated rings. The molecule has 0 aromatic heterocycles. The van der Waals surface area contributed by atoms with E-state index >= 15 is 0 Å². The standard InChI is InChI=1S/C12H15F3O3S/c1-9(19(17,18)8-2-7-16)10-3-5-11(6-4-10)12(13,14)15/h3-6,9,16H,2,7-8H2,1H3. The van der Waals surface area contributed by atoms with Gasteiger partial charge in [0.1, 0.15) is 0 Å². The van der Waals surface area contributed by atoms with Gasteiger partial charge in [-0.25, -0.2) is 8.42 Å². The molecule has 0 spiro atoms. The third-order valence-electron chi connectivity index (χ3n) is 2.83. The molecule has 0 saturated carbocycles. The molecule has 0 bridgehead atoms. The number of hydrogen-bond donors (Lipinski definition) is 1. The quantitative estimate of drug-likeness (QED) is 0.908. The maximum Gasteiger partial charge on any atom is 0.416 e. The Bertz CT molecular complexity index is 506. The molecule has 0 aliphatic heterocycles. The lowest BCUT2D eigenvalue weighted by molar-refractivity contribution is -0.137. The van der Waals surface area contributed by atoms with Crippen LogP contribution in [-0.2, 0) is 16.0 Å². The minimum absolute atomic E-state index is 0.118. The van der Waals surface area contributed by atoms with Crippen LogP contribution in [0.3, 0.4) is 0 Å². The van der Waals surface area contributed by atoms with E-state index in [0.29, 0.717) is 5.56 Å². The summed E-state index contributed by atoms with van der Waals surface area (Å²) >= 11 is 0. The highest BCUT2D eigenvalue weighted by Crippen LogP contribution is 2.31. The van der Waals surface area contributed by atoms with Crippen LogP contribution in [0, 0.1) is 0 Å². The van der Waals surface area contributed by atoms with Crippen LogP contribution in [0.4, 0.5) is 13.2 Å². The van der Waals surface area contributed by atoms with Crippen LogP contribution in [0.1, 0.15) is 29.7 Å². The number of halogens is 3. The van der Waals surface area contributed by atoms with Crippen LogP contribution in [0.15, 0.2) is 24.3 Å². The van der Waals surface area contributed by atoms with Crippen molar-refractivity contribution in [2.45, 2.75) is 24.8 Å². The number of aliphatic hydroxyl groups is 1. The number of alkyl halides is 3. The third-order valence-corrected chi connectivity index (χ3v) is 5.04. The number of rotatable bonds is 5. The zero-order valence-corrected chi connectivity index (χ0v) is 11.1. The van der Waals surface area contributed by atoms with E-state index in [1.165, 1.54) is 19.1 Å². The maximum absolute atomic E-state index is 12.4. The van der Waals surface area contributed by atoms with Crippen molar-refractivity contribution in [2.75, 3.05) is 12.4 Å². The van der Waals surface area contributed by atoms with E-state index < -0.39 is 26.8 Å². The van der Waals surface area contributed by atoms with Crippen molar-refractivity contribution < 1.29 is 26.7 Å². The second kappa shape index (κ2) is 5.92. The average Bonchev–Trinajstić information content (AvgIpc) is 2.34. The Morgan fingerprint density at radius 2 is 1.74 bits per heavy atom. The fraction of sp³-hybridized carbons (Fsp3) is 0.500. The third kappa shape index (κ3) is 4.21. The molecule has 1 atom stereocenters. The Morgan fingerprint density at radius 1 is 1.21 bits per heavy atom. The molecule has 0 aliphatic carbocycles. The van der Waals surface area contributed by atoms with Gasteiger partial charge in [0.25, 0.3) is 0 Å². The summed E-state index contributed by atoms with van der Waals surface area (Å²) < 4.78 is 60.8. The summed E-state index contributed by atoms with van der Waals surface area (Å²) in [5.41, 5.74) is -0.498. The van der Waals surface area contributed by atoms with Gasteiger partial charge in [0, 0.05) is 6.61 Å². The first-order chi connectivity index (χ1) is 8.68. The van der Waals surface area contributed by atoms with E-state index in [2.05, 4.69) is 0 Å². The molecule has 1 aromatic carbocycles. The van der Waals surface area contributed by atoms with E-state index in [1.807, 2.05) is 0 Å². The van der Waals surface area contributed by atoms with Crippen LogP contribution in [0.25, 0.3) is 0 Å². The number of aliphatic hydroxyl groups excluding tert-OH is 1. The van der Waals surface area contributed by atoms with Crippen molar-refractivity contribution in [3.8, 4) is 0 Å². The van der Waals surface area contributed by atoms with Crippen molar-refractivity contribution in [2.24, 2.45) is 0 Å². The lowest BCUT2D eigenvalue weighted by atomic mass is 10.1. The van der Waals surface area contributed by atoms with E-state index in [4.69, 9.17) is 5.11 Å². The van der Waals surface area contributed by atoms with Crippen LogP contribution in [0.2, 0.25) is 0 Å². The van der Waals surface area contributed by atoms with E-state index in [-0.39, 0.29) is 18.8 Å². The highest BCUT2D eigenvalue weighted by molar-refractivity contribution is 7.91. The predicted octanol–water partition coefficient (Wildman–Crippen LogP) is 2.56. The summed E-state index contributed by atoms with van der Waals surface area (Å²) in [5, 5.41) is 7.73. The fourth-order valence-corrected chi connectivity index (χ4v) is 3.05. The molecule has 0 radical (unpaired) electrons. The Kier molecular flexibility index (Phi) is 4.98. The monoisotopic (exact) mass is 296 g/mol. The van der Waals surface area contributed by atoms with Gasteiger partial charge >= 0.3 is 6.18 Å². The number of benzene rings is 1. The summed E-state index contributed by atoms with van der Waals surface area (Å²) in [6, 6.07) is 4.08. The molecule has 1 aromatic rings. The first kappa shape index (κ1) is 16.0. The predicted molar refractivity (Wildman–Crippen MR) is 65.3 cm³/mol. The highest BCUT2D eigenvalue weighted by atomic mass is 32.2. The summed E-state index contributed by atoms with van der Waals surface area (Å²) in [6.45, 7) is 1.19. The Hall–Kier alpha value is -1.08. The SMILES string of the molecule is CC(c1ccc(C(F)(F)F)cc1)S(=O)(=O)CCCO. The normalized spacial score (nSPS) is 14.4. The lowest BCUT2D eigenvalue weighted by Gasteiger charge is -2.14. The molecular formula is C12H15F3O3S. The maximum atomic E-state index is 12.4. The molecule has 0 heterocycles. The van der Waals surface area contributed by atoms with Gasteiger partial charge in [-0.2, -0.15) is 13.2 Å². The zero-order chi connectivity index (χ0) is 14.7. The molecule has 1 rings (SSSR count). The number of sulfone groups is 1. The fourth-order valence-electron chi connectivity index (χ4n) is 1.59. The molecule has 19 heavy (non-hydrogen) atoms. The van der Waals surface area contributed by atoms with Crippen molar-refractivity contribution in [3.05, 3.63) is 35.4 Å². The molecule has 0 amide bonds. The van der Waals surface area contributed by atoms with Crippen molar-refractivity contribution in [1.29, 1.82) is 0 Å². The van der Waals surface area contributed by atoms with Crippen LogP contribution < -0.4 is 0 Å². The van der Waals surface area contributed by atoms with E-state index in [1.54, 1.807) is 0 Å². The van der Waals surface area contributed by atoms with Crippen molar-refractivity contribution >= 4 is 9.84 Å². The average molecular weight is 296 g/mol. The first-order valence-electron chi connectivity index (χ1n) is 5.68. The highest BCUT2D eigenvalue weighted by Gasteiger charge is 2.30. The van der Waals surface area contributed by atoms with Crippen LogP contribution >= 0.6 is 0 Å². The van der Waals surface area contributed by atoms with Gasteiger partial charge < -0.3 is 5.11 Å². The summed E-state index contributed by atoms with van der Waals surface area (Å²) in [4.78, 5) is 0. The molecule has 1 unspecified atom stereocenters. The van der Waals surface area contributed by atoms with Gasteiger partial charge in [0.05, 0.1) is 16.6 Å². The van der Waals surface area contributed by atoms with Gasteiger partial charge in [-0.05, 0) is 31.0 Å². The summed E-state index contributed by atoms with van der Waals surface area (Å²) in [5.74, 6) is -0.189. The van der Waals surface area contributed by atoms with Gasteiger partial charge in [-0.1, -0.05) is 12.1 Å². The molecular weight excluding hydrogens is 281 g/mol. The summed E-state index contributed by atoms with van der Waals surface area (Å²) in [7, 11) is -3.47. The second-order valence-corrected chi connectivity index (χ2v) is 6.65. The topological polar surface area (TPSA) is 54.4 Å². The van der Waals surface area contributed by atoms with Crippen LogP contribution in [0.5, 0.6) is 0 Å². The minimum Gasteiger partial charge on any atom is -0.396 e. The summed E-state index contributed by atoms with van der Waals surface area (Å²) in [6.07, 6.45) is -4.31. The zero-order valence-electron chi connectivity index (χ0n) is 10.3. The molecule has 0 saturated heterocycles. The van der Waals surface area contributed by atoms with Crippen molar-refractivity contribution in [1.82, 2.24) is 0 Å². The molecule has 108 valence electrons. The molecule has 3 nitrogen and oxygen atoms in total. The molecule has 0 aliphatic rings. The van der Waals surface area contributed by atoms with Gasteiger partial charge in [0.15, 0.2) is 9.84 Å². The smallest absolute Gasteiger partial charge is 0.396 e.